The molecule has 0 bridgehead atoms. The molecule has 0 atom stereocenters. The Balaban J connectivity index is 1.79. The quantitative estimate of drug-likeness (QED) is 0.570. The number of H-pyrrole nitrogens is 1. The van der Waals surface area contributed by atoms with Crippen molar-refractivity contribution in [3.8, 4) is 0 Å². The molecule has 29 heavy (non-hydrogen) atoms. The van der Waals surface area contributed by atoms with Crippen LogP contribution in [0, 0.1) is 6.92 Å². The summed E-state index contributed by atoms with van der Waals surface area (Å²) in [6, 6.07) is 3.98. The zero-order valence-electron chi connectivity index (χ0n) is 14.8. The van der Waals surface area contributed by atoms with Gasteiger partial charge in [0.05, 0.1) is 10.6 Å². The number of hydrogen-bond donors (Lipinski definition) is 3. The zero-order valence-corrected chi connectivity index (χ0v) is 16.4. The zero-order chi connectivity index (χ0) is 21.6. The lowest BCUT2D eigenvalue weighted by molar-refractivity contribution is -0.0436. The van der Waals surface area contributed by atoms with Crippen molar-refractivity contribution >= 4 is 42.9 Å². The molecule has 1 aromatic carbocycles. The molecular formula is C17H14F3N3O4S2. The lowest BCUT2D eigenvalue weighted by atomic mass is 10.1. The maximum Gasteiger partial charge on any atom is 0.501 e. The number of nitrogen functional groups attached to an aromatic ring is 1. The van der Waals surface area contributed by atoms with Crippen molar-refractivity contribution in [1.82, 2.24) is 10.3 Å². The average Bonchev–Trinajstić information content (AvgIpc) is 3.01. The van der Waals surface area contributed by atoms with Gasteiger partial charge in [0.1, 0.15) is 9.58 Å². The number of pyridine rings is 1. The number of nitrogens with one attached hydrogen (secondary N) is 2. The van der Waals surface area contributed by atoms with E-state index < -0.39 is 26.1 Å². The van der Waals surface area contributed by atoms with Crippen LogP contribution in [0.1, 0.15) is 20.8 Å². The number of sulfone groups is 1. The summed E-state index contributed by atoms with van der Waals surface area (Å²) in [6.07, 6.45) is 1.49. The van der Waals surface area contributed by atoms with Gasteiger partial charge in [0.25, 0.3) is 21.3 Å². The molecule has 2 aromatic heterocycles. The lowest BCUT2D eigenvalue weighted by Gasteiger charge is -2.09. The number of nitrogens with two attached hydrogens (primary N) is 1. The summed E-state index contributed by atoms with van der Waals surface area (Å²) in [5.74, 6) is -0.561. The highest BCUT2D eigenvalue weighted by molar-refractivity contribution is 7.92. The Bertz CT molecular complexity index is 1260. The molecule has 4 N–H and O–H groups in total. The molecule has 0 aliphatic heterocycles. The monoisotopic (exact) mass is 445 g/mol. The fraction of sp³-hybridized carbons (Fsp3) is 0.176. The number of fused-ring (bicyclic) bond motifs is 1. The topological polar surface area (TPSA) is 122 Å². The van der Waals surface area contributed by atoms with Crippen molar-refractivity contribution in [3.05, 3.63) is 56.8 Å². The molecule has 0 aliphatic carbocycles. The van der Waals surface area contributed by atoms with Crippen LogP contribution in [0.5, 0.6) is 0 Å². The van der Waals surface area contributed by atoms with Crippen LogP contribution in [0.2, 0.25) is 0 Å². The molecule has 0 saturated heterocycles. The average molecular weight is 445 g/mol. The van der Waals surface area contributed by atoms with Crippen molar-refractivity contribution < 1.29 is 26.4 Å². The second-order valence-corrected chi connectivity index (χ2v) is 9.09. The predicted octanol–water partition coefficient (Wildman–Crippen LogP) is 2.70. The summed E-state index contributed by atoms with van der Waals surface area (Å²) in [7, 11) is -5.43. The van der Waals surface area contributed by atoms with Gasteiger partial charge in [-0.15, -0.1) is 11.3 Å². The summed E-state index contributed by atoms with van der Waals surface area (Å²) in [4.78, 5) is 26.2. The van der Waals surface area contributed by atoms with Gasteiger partial charge in [-0.1, -0.05) is 12.1 Å². The largest absolute Gasteiger partial charge is 0.501 e. The minimum absolute atomic E-state index is 0.0752. The number of aromatic amines is 1. The van der Waals surface area contributed by atoms with Gasteiger partial charge in [-0.3, -0.25) is 9.59 Å². The molecule has 0 aliphatic rings. The highest BCUT2D eigenvalue weighted by atomic mass is 32.2. The van der Waals surface area contributed by atoms with Crippen molar-refractivity contribution in [1.29, 1.82) is 0 Å². The number of hydrogen-bond acceptors (Lipinski definition) is 6. The van der Waals surface area contributed by atoms with Crippen LogP contribution in [0.15, 0.2) is 40.2 Å². The number of aromatic nitrogens is 1. The Morgan fingerprint density at radius 2 is 1.86 bits per heavy atom. The normalized spacial score (nSPS) is 12.3. The van der Waals surface area contributed by atoms with Crippen LogP contribution < -0.4 is 16.6 Å². The number of halogens is 3. The fourth-order valence-corrected chi connectivity index (χ4v) is 4.53. The first-order chi connectivity index (χ1) is 13.4. The van der Waals surface area contributed by atoms with Gasteiger partial charge < -0.3 is 16.0 Å². The maximum absolute atomic E-state index is 12.6. The van der Waals surface area contributed by atoms with Crippen molar-refractivity contribution in [3.63, 3.8) is 0 Å². The highest BCUT2D eigenvalue weighted by Crippen LogP contribution is 2.33. The van der Waals surface area contributed by atoms with E-state index in [1.54, 1.807) is 6.92 Å². The van der Waals surface area contributed by atoms with Crippen LogP contribution >= 0.6 is 11.3 Å². The number of carbonyl (C=O) groups excluding carboxylic acids is 1. The van der Waals surface area contributed by atoms with Gasteiger partial charge >= 0.3 is 5.51 Å². The van der Waals surface area contributed by atoms with Crippen molar-refractivity contribution in [2.24, 2.45) is 0 Å². The summed E-state index contributed by atoms with van der Waals surface area (Å²) >= 11 is 0.931. The predicted molar refractivity (Wildman–Crippen MR) is 102 cm³/mol. The Morgan fingerprint density at radius 3 is 2.41 bits per heavy atom. The van der Waals surface area contributed by atoms with E-state index in [1.807, 2.05) is 0 Å². The van der Waals surface area contributed by atoms with Crippen LogP contribution in [-0.2, 0) is 16.4 Å². The SMILES string of the molecule is Cc1c[nH]c(=O)c2sc(C(=O)NCc3ccc(S(=O)(=O)C(F)(F)F)cc3)c(N)c12. The van der Waals surface area contributed by atoms with Gasteiger partial charge in [0, 0.05) is 18.1 Å². The molecule has 0 saturated carbocycles. The molecule has 0 spiro atoms. The summed E-state index contributed by atoms with van der Waals surface area (Å²) in [5.41, 5.74) is 1.50. The second-order valence-electron chi connectivity index (χ2n) is 6.13. The van der Waals surface area contributed by atoms with Crippen LogP contribution in [0.25, 0.3) is 10.1 Å². The number of amides is 1. The number of anilines is 1. The highest BCUT2D eigenvalue weighted by Gasteiger charge is 2.46. The lowest BCUT2D eigenvalue weighted by Crippen LogP contribution is -2.24. The minimum Gasteiger partial charge on any atom is -0.397 e. The van der Waals surface area contributed by atoms with E-state index in [0.717, 1.165) is 23.5 Å². The van der Waals surface area contributed by atoms with Gasteiger partial charge in [0.15, 0.2) is 0 Å². The molecule has 0 unspecified atom stereocenters. The minimum atomic E-state index is -5.43. The first kappa shape index (κ1) is 20.9. The van der Waals surface area contributed by atoms with E-state index in [0.29, 0.717) is 21.2 Å². The number of benzene rings is 1. The third-order valence-corrected chi connectivity index (χ3v) is 6.87. The molecule has 154 valence electrons. The molecular weight excluding hydrogens is 431 g/mol. The summed E-state index contributed by atoms with van der Waals surface area (Å²) in [5, 5.41) is 3.04. The Hall–Kier alpha value is -2.86. The van der Waals surface area contributed by atoms with Crippen molar-refractivity contribution in [2.75, 3.05) is 5.73 Å². The number of rotatable bonds is 4. The molecule has 12 heteroatoms. The van der Waals surface area contributed by atoms with E-state index in [-0.39, 0.29) is 22.7 Å². The van der Waals surface area contributed by atoms with Crippen LogP contribution in [0.3, 0.4) is 0 Å². The molecule has 2 heterocycles. The van der Waals surface area contributed by atoms with E-state index >= 15 is 0 Å². The number of alkyl halides is 3. The van der Waals surface area contributed by atoms with E-state index in [2.05, 4.69) is 10.3 Å². The number of carbonyl (C=O) groups is 1. The molecule has 3 rings (SSSR count). The second kappa shape index (κ2) is 7.19. The first-order valence-corrected chi connectivity index (χ1v) is 10.3. The smallest absolute Gasteiger partial charge is 0.397 e. The molecule has 1 amide bonds. The summed E-state index contributed by atoms with van der Waals surface area (Å²) in [6.45, 7) is 1.66. The molecule has 0 radical (unpaired) electrons. The van der Waals surface area contributed by atoms with Crippen LogP contribution in [0.4, 0.5) is 18.9 Å². The summed E-state index contributed by atoms with van der Waals surface area (Å²) < 4.78 is 60.7. The maximum atomic E-state index is 12.6. The molecule has 3 aromatic rings. The van der Waals surface area contributed by atoms with E-state index in [9.17, 15) is 31.2 Å². The molecule has 7 nitrogen and oxygen atoms in total. The van der Waals surface area contributed by atoms with E-state index in [1.165, 1.54) is 18.3 Å². The Morgan fingerprint density at radius 1 is 1.24 bits per heavy atom. The molecule has 0 fully saturated rings. The fourth-order valence-electron chi connectivity index (χ4n) is 2.66. The van der Waals surface area contributed by atoms with E-state index in [4.69, 9.17) is 5.73 Å². The number of aryl methyl sites for hydroxylation is 1. The number of thiophene rings is 1. The van der Waals surface area contributed by atoms with Gasteiger partial charge in [0.2, 0.25) is 0 Å². The van der Waals surface area contributed by atoms with Gasteiger partial charge in [-0.2, -0.15) is 13.2 Å². The standard InChI is InChI=1S/C17H14F3N3O4S2/c1-8-6-22-15(24)13-11(8)12(21)14(28-13)16(25)23-7-9-2-4-10(5-3-9)29(26,27)17(18,19)20/h2-6H,7,21H2,1H3,(H,22,24)(H,23,25). The van der Waals surface area contributed by atoms with Crippen molar-refractivity contribution in [2.45, 2.75) is 23.9 Å². The Labute approximate surface area is 166 Å². The van der Waals surface area contributed by atoms with Gasteiger partial charge in [-0.05, 0) is 30.2 Å². The first-order valence-electron chi connectivity index (χ1n) is 8.02. The Kier molecular flexibility index (Phi) is 5.17. The third kappa shape index (κ3) is 3.72. The van der Waals surface area contributed by atoms with Gasteiger partial charge in [-0.25, -0.2) is 8.42 Å². The third-order valence-electron chi connectivity index (χ3n) is 4.16. The van der Waals surface area contributed by atoms with Crippen LogP contribution in [-0.4, -0.2) is 24.8 Å².